The first-order valence-corrected chi connectivity index (χ1v) is 6.28. The van der Waals surface area contributed by atoms with Gasteiger partial charge >= 0.3 is 6.18 Å². The number of alkyl halides is 3. The maximum atomic E-state index is 12.7. The Morgan fingerprint density at radius 1 is 1.09 bits per heavy atom. The SMILES string of the molecule is CN(C)c1nccc(-c2cnc3nc(C(F)(F)F)ccn23)n1. The van der Waals surface area contributed by atoms with Crippen LogP contribution in [0.5, 0.6) is 0 Å². The monoisotopic (exact) mass is 308 g/mol. The third kappa shape index (κ3) is 2.45. The van der Waals surface area contributed by atoms with Gasteiger partial charge in [0.2, 0.25) is 11.7 Å². The summed E-state index contributed by atoms with van der Waals surface area (Å²) < 4.78 is 39.4. The average molecular weight is 308 g/mol. The summed E-state index contributed by atoms with van der Waals surface area (Å²) in [4.78, 5) is 17.6. The zero-order chi connectivity index (χ0) is 15.9. The van der Waals surface area contributed by atoms with Gasteiger partial charge in [-0.1, -0.05) is 0 Å². The summed E-state index contributed by atoms with van der Waals surface area (Å²) in [6.07, 6.45) is -0.204. The maximum absolute atomic E-state index is 12.7. The van der Waals surface area contributed by atoms with Crippen molar-refractivity contribution in [2.75, 3.05) is 19.0 Å². The van der Waals surface area contributed by atoms with Crippen molar-refractivity contribution in [2.24, 2.45) is 0 Å². The number of hydrogen-bond acceptors (Lipinski definition) is 5. The molecular formula is C13H11F3N6. The van der Waals surface area contributed by atoms with Crippen molar-refractivity contribution in [3.63, 3.8) is 0 Å². The lowest BCUT2D eigenvalue weighted by molar-refractivity contribution is -0.141. The first kappa shape index (κ1) is 14.2. The molecule has 22 heavy (non-hydrogen) atoms. The molecule has 3 aromatic rings. The van der Waals surface area contributed by atoms with Gasteiger partial charge in [0.15, 0.2) is 0 Å². The minimum atomic E-state index is -4.50. The van der Waals surface area contributed by atoms with Gasteiger partial charge in [-0.15, -0.1) is 0 Å². The van der Waals surface area contributed by atoms with Crippen LogP contribution < -0.4 is 4.90 Å². The molecule has 114 valence electrons. The normalized spacial score (nSPS) is 11.9. The van der Waals surface area contributed by atoms with E-state index in [4.69, 9.17) is 0 Å². The van der Waals surface area contributed by atoms with E-state index in [9.17, 15) is 13.2 Å². The Hall–Kier alpha value is -2.71. The molecule has 0 aromatic carbocycles. The molecular weight excluding hydrogens is 297 g/mol. The van der Waals surface area contributed by atoms with Crippen molar-refractivity contribution in [1.82, 2.24) is 24.3 Å². The van der Waals surface area contributed by atoms with Gasteiger partial charge in [-0.3, -0.25) is 4.40 Å². The predicted molar refractivity (Wildman–Crippen MR) is 73.3 cm³/mol. The average Bonchev–Trinajstić information content (AvgIpc) is 2.89. The number of anilines is 1. The maximum Gasteiger partial charge on any atom is 0.433 e. The molecule has 0 N–H and O–H groups in total. The summed E-state index contributed by atoms with van der Waals surface area (Å²) in [6.45, 7) is 0. The quantitative estimate of drug-likeness (QED) is 0.727. The minimum absolute atomic E-state index is 0.0326. The lowest BCUT2D eigenvalue weighted by Crippen LogP contribution is -2.12. The summed E-state index contributed by atoms with van der Waals surface area (Å²) in [6, 6.07) is 2.57. The molecule has 0 aliphatic heterocycles. The second kappa shape index (κ2) is 4.93. The molecule has 0 bridgehead atoms. The van der Waals surface area contributed by atoms with Crippen molar-refractivity contribution in [1.29, 1.82) is 0 Å². The molecule has 0 saturated carbocycles. The van der Waals surface area contributed by atoms with Gasteiger partial charge in [0.25, 0.3) is 0 Å². The van der Waals surface area contributed by atoms with Crippen LogP contribution in [0, 0.1) is 0 Å². The minimum Gasteiger partial charge on any atom is -0.347 e. The highest BCUT2D eigenvalue weighted by Crippen LogP contribution is 2.28. The summed E-state index contributed by atoms with van der Waals surface area (Å²) in [5, 5.41) is 0. The molecule has 3 heterocycles. The molecule has 0 aliphatic rings. The Morgan fingerprint density at radius 3 is 2.55 bits per heavy atom. The first-order valence-electron chi connectivity index (χ1n) is 6.28. The van der Waals surface area contributed by atoms with E-state index in [0.717, 1.165) is 6.07 Å². The van der Waals surface area contributed by atoms with Gasteiger partial charge in [-0.2, -0.15) is 13.2 Å². The fourth-order valence-electron chi connectivity index (χ4n) is 1.92. The number of fused-ring (bicyclic) bond motifs is 1. The van der Waals surface area contributed by atoms with E-state index in [1.807, 2.05) is 0 Å². The van der Waals surface area contributed by atoms with Crippen LogP contribution in [0.3, 0.4) is 0 Å². The highest BCUT2D eigenvalue weighted by Gasteiger charge is 2.33. The lowest BCUT2D eigenvalue weighted by Gasteiger charge is -2.10. The van der Waals surface area contributed by atoms with Crippen molar-refractivity contribution < 1.29 is 13.2 Å². The standard InChI is InChI=1S/C13H11F3N6/c1-21(2)11-17-5-3-8(19-11)9-7-18-12-20-10(13(14,15)16)4-6-22(9)12/h3-7H,1-2H3. The first-order chi connectivity index (χ1) is 10.4. The zero-order valence-electron chi connectivity index (χ0n) is 11.7. The Kier molecular flexibility index (Phi) is 3.19. The van der Waals surface area contributed by atoms with E-state index in [1.165, 1.54) is 16.8 Å². The van der Waals surface area contributed by atoms with E-state index < -0.39 is 11.9 Å². The number of nitrogens with zero attached hydrogens (tertiary/aromatic N) is 6. The van der Waals surface area contributed by atoms with Crippen molar-refractivity contribution in [3.8, 4) is 11.4 Å². The van der Waals surface area contributed by atoms with Gasteiger partial charge < -0.3 is 4.90 Å². The molecule has 0 fully saturated rings. The lowest BCUT2D eigenvalue weighted by atomic mass is 10.3. The number of halogens is 3. The van der Waals surface area contributed by atoms with Crippen LogP contribution in [0.25, 0.3) is 17.2 Å². The zero-order valence-corrected chi connectivity index (χ0v) is 11.7. The molecule has 0 amide bonds. The van der Waals surface area contributed by atoms with E-state index in [-0.39, 0.29) is 5.78 Å². The summed E-state index contributed by atoms with van der Waals surface area (Å²) in [7, 11) is 3.59. The van der Waals surface area contributed by atoms with Crippen LogP contribution in [0.4, 0.5) is 19.1 Å². The highest BCUT2D eigenvalue weighted by molar-refractivity contribution is 5.59. The second-order valence-electron chi connectivity index (χ2n) is 4.76. The highest BCUT2D eigenvalue weighted by atomic mass is 19.4. The van der Waals surface area contributed by atoms with Gasteiger partial charge in [-0.05, 0) is 12.1 Å². The molecule has 0 aliphatic carbocycles. The molecule has 0 radical (unpaired) electrons. The predicted octanol–water partition coefficient (Wildman–Crippen LogP) is 2.27. The van der Waals surface area contributed by atoms with Crippen molar-refractivity contribution in [3.05, 3.63) is 36.4 Å². The van der Waals surface area contributed by atoms with E-state index >= 15 is 0 Å². The molecule has 3 aromatic heterocycles. The van der Waals surface area contributed by atoms with Crippen LogP contribution in [-0.2, 0) is 6.18 Å². The van der Waals surface area contributed by atoms with E-state index in [1.54, 1.807) is 31.3 Å². The molecule has 0 spiro atoms. The number of hydrogen-bond donors (Lipinski definition) is 0. The number of rotatable bonds is 2. The van der Waals surface area contributed by atoms with Crippen LogP contribution in [0.2, 0.25) is 0 Å². The van der Waals surface area contributed by atoms with Gasteiger partial charge in [-0.25, -0.2) is 19.9 Å². The fourth-order valence-corrected chi connectivity index (χ4v) is 1.92. The molecule has 0 saturated heterocycles. The summed E-state index contributed by atoms with van der Waals surface area (Å²) in [5.41, 5.74) is 0.114. The largest absolute Gasteiger partial charge is 0.433 e. The number of aromatic nitrogens is 5. The van der Waals surface area contributed by atoms with E-state index in [0.29, 0.717) is 17.3 Å². The van der Waals surface area contributed by atoms with Crippen LogP contribution in [0.15, 0.2) is 30.7 Å². The second-order valence-corrected chi connectivity index (χ2v) is 4.76. The van der Waals surface area contributed by atoms with Crippen molar-refractivity contribution >= 4 is 11.7 Å². The summed E-state index contributed by atoms with van der Waals surface area (Å²) in [5.74, 6) is 0.460. The molecule has 6 nitrogen and oxygen atoms in total. The Balaban J connectivity index is 2.11. The van der Waals surface area contributed by atoms with Crippen molar-refractivity contribution in [2.45, 2.75) is 6.18 Å². The van der Waals surface area contributed by atoms with Crippen LogP contribution in [0.1, 0.15) is 5.69 Å². The van der Waals surface area contributed by atoms with Crippen LogP contribution in [-0.4, -0.2) is 38.4 Å². The third-order valence-electron chi connectivity index (χ3n) is 2.97. The van der Waals surface area contributed by atoms with Gasteiger partial charge in [0, 0.05) is 26.5 Å². The van der Waals surface area contributed by atoms with Crippen LogP contribution >= 0.6 is 0 Å². The Labute approximate surface area is 123 Å². The molecule has 0 atom stereocenters. The Morgan fingerprint density at radius 2 is 1.86 bits per heavy atom. The molecule has 9 heteroatoms. The van der Waals surface area contributed by atoms with Gasteiger partial charge in [0.1, 0.15) is 5.69 Å². The smallest absolute Gasteiger partial charge is 0.347 e. The number of imidazole rings is 1. The summed E-state index contributed by atoms with van der Waals surface area (Å²) >= 11 is 0. The van der Waals surface area contributed by atoms with E-state index in [2.05, 4.69) is 19.9 Å². The Bertz CT molecular complexity index is 824. The topological polar surface area (TPSA) is 59.2 Å². The third-order valence-corrected chi connectivity index (χ3v) is 2.97. The molecule has 0 unspecified atom stereocenters. The fraction of sp³-hybridized carbons (Fsp3) is 0.231. The van der Waals surface area contributed by atoms with Gasteiger partial charge in [0.05, 0.1) is 17.6 Å². The molecule has 3 rings (SSSR count).